The molecule has 0 aromatic heterocycles. The van der Waals surface area contributed by atoms with Crippen molar-refractivity contribution in [1.29, 1.82) is 0 Å². The quantitative estimate of drug-likeness (QED) is 0.780. The average molecular weight is 380 g/mol. The largest absolute Gasteiger partial charge is 0.495 e. The van der Waals surface area contributed by atoms with Gasteiger partial charge in [-0.05, 0) is 42.7 Å². The van der Waals surface area contributed by atoms with Crippen molar-refractivity contribution in [2.75, 3.05) is 32.8 Å². The van der Waals surface area contributed by atoms with E-state index in [0.29, 0.717) is 5.69 Å². The molecule has 2 aromatic carbocycles. The van der Waals surface area contributed by atoms with Gasteiger partial charge in [0.15, 0.2) is 0 Å². The van der Waals surface area contributed by atoms with Crippen molar-refractivity contribution in [3.05, 3.63) is 48.0 Å². The zero-order valence-corrected chi connectivity index (χ0v) is 16.1. The summed E-state index contributed by atoms with van der Waals surface area (Å²) >= 11 is 1.57. The van der Waals surface area contributed by atoms with Crippen LogP contribution in [0, 0.1) is 0 Å². The maximum Gasteiger partial charge on any atom is 0.255 e. The van der Waals surface area contributed by atoms with Gasteiger partial charge in [-0.15, -0.1) is 11.8 Å². The van der Waals surface area contributed by atoms with Gasteiger partial charge in [-0.1, -0.05) is 6.07 Å². The number of nitrogens with zero attached hydrogens (tertiary/aromatic N) is 1. The van der Waals surface area contributed by atoms with Crippen LogP contribution in [-0.4, -0.2) is 46.1 Å². The number of carbonyl (C=O) groups excluding carboxylic acids is 1. The molecule has 25 heavy (non-hydrogen) atoms. The maximum atomic E-state index is 12.5. The summed E-state index contributed by atoms with van der Waals surface area (Å²) in [5, 5.41) is 2.78. The number of rotatable bonds is 6. The highest BCUT2D eigenvalue weighted by atomic mass is 32.2. The molecular formula is C17H20N2O4S2. The highest BCUT2D eigenvalue weighted by molar-refractivity contribution is 7.98. The normalized spacial score (nSPS) is 11.4. The van der Waals surface area contributed by atoms with Gasteiger partial charge in [0.1, 0.15) is 10.6 Å². The fourth-order valence-electron chi connectivity index (χ4n) is 2.12. The average Bonchev–Trinajstić information content (AvgIpc) is 2.61. The molecule has 0 aliphatic heterocycles. The van der Waals surface area contributed by atoms with Crippen molar-refractivity contribution < 1.29 is 17.9 Å². The summed E-state index contributed by atoms with van der Waals surface area (Å²) in [6.07, 6.45) is 1.95. The second-order valence-electron chi connectivity index (χ2n) is 5.34. The van der Waals surface area contributed by atoms with Crippen LogP contribution in [0.3, 0.4) is 0 Å². The highest BCUT2D eigenvalue weighted by Gasteiger charge is 2.24. The van der Waals surface area contributed by atoms with Gasteiger partial charge < -0.3 is 10.1 Å². The number of carbonyl (C=O) groups is 1. The van der Waals surface area contributed by atoms with Gasteiger partial charge in [0.2, 0.25) is 10.0 Å². The second kappa shape index (κ2) is 7.90. The van der Waals surface area contributed by atoms with Crippen molar-refractivity contribution in [2.24, 2.45) is 0 Å². The van der Waals surface area contributed by atoms with E-state index in [1.54, 1.807) is 17.8 Å². The lowest BCUT2D eigenvalue weighted by Crippen LogP contribution is -2.23. The van der Waals surface area contributed by atoms with E-state index in [4.69, 9.17) is 4.74 Å². The monoisotopic (exact) mass is 380 g/mol. The van der Waals surface area contributed by atoms with E-state index in [1.807, 2.05) is 24.5 Å². The van der Waals surface area contributed by atoms with Crippen molar-refractivity contribution in [3.63, 3.8) is 0 Å². The summed E-state index contributed by atoms with van der Waals surface area (Å²) in [7, 11) is 0.504. The maximum absolute atomic E-state index is 12.5. The Labute approximate surface area is 152 Å². The molecule has 0 aliphatic rings. The predicted octanol–water partition coefficient (Wildman–Crippen LogP) is 2.92. The Morgan fingerprint density at radius 2 is 1.88 bits per heavy atom. The molecule has 0 fully saturated rings. The van der Waals surface area contributed by atoms with E-state index < -0.39 is 15.9 Å². The molecule has 0 spiro atoms. The fraction of sp³-hybridized carbons (Fsp3) is 0.235. The van der Waals surface area contributed by atoms with Crippen LogP contribution < -0.4 is 10.1 Å². The van der Waals surface area contributed by atoms with Gasteiger partial charge in [0, 0.05) is 30.2 Å². The third kappa shape index (κ3) is 4.33. The summed E-state index contributed by atoms with van der Waals surface area (Å²) in [5.74, 6) is -0.203. The Hall–Kier alpha value is -2.03. The Bertz CT molecular complexity index is 880. The first-order chi connectivity index (χ1) is 11.8. The molecule has 1 N–H and O–H groups in total. The van der Waals surface area contributed by atoms with E-state index in [1.165, 1.54) is 39.4 Å². The minimum absolute atomic E-state index is 0.0504. The Balaban J connectivity index is 2.37. The number of thioether (sulfide) groups is 1. The van der Waals surface area contributed by atoms with Gasteiger partial charge >= 0.3 is 0 Å². The molecule has 134 valence electrons. The van der Waals surface area contributed by atoms with E-state index in [-0.39, 0.29) is 16.2 Å². The zero-order valence-electron chi connectivity index (χ0n) is 14.4. The predicted molar refractivity (Wildman–Crippen MR) is 100 cm³/mol. The van der Waals surface area contributed by atoms with Gasteiger partial charge in [-0.3, -0.25) is 4.79 Å². The Kier molecular flexibility index (Phi) is 6.10. The zero-order chi connectivity index (χ0) is 18.6. The molecule has 0 unspecified atom stereocenters. The number of hydrogen-bond acceptors (Lipinski definition) is 5. The summed E-state index contributed by atoms with van der Waals surface area (Å²) in [6, 6.07) is 11.7. The second-order valence-corrected chi connectivity index (χ2v) is 8.34. The third-order valence-electron chi connectivity index (χ3n) is 3.51. The molecule has 2 aromatic rings. The van der Waals surface area contributed by atoms with Crippen LogP contribution >= 0.6 is 11.8 Å². The first kappa shape index (κ1) is 19.3. The van der Waals surface area contributed by atoms with E-state index in [0.717, 1.165) is 9.20 Å². The van der Waals surface area contributed by atoms with E-state index in [2.05, 4.69) is 5.32 Å². The lowest BCUT2D eigenvalue weighted by molar-refractivity contribution is 0.102. The molecule has 2 rings (SSSR count). The van der Waals surface area contributed by atoms with Crippen molar-refractivity contribution in [3.8, 4) is 5.75 Å². The van der Waals surface area contributed by atoms with Crippen LogP contribution in [0.2, 0.25) is 0 Å². The minimum Gasteiger partial charge on any atom is -0.495 e. The molecule has 0 aliphatic carbocycles. The minimum atomic E-state index is -3.73. The number of hydrogen-bond donors (Lipinski definition) is 1. The van der Waals surface area contributed by atoms with Crippen molar-refractivity contribution >= 4 is 33.4 Å². The smallest absolute Gasteiger partial charge is 0.255 e. The molecular weight excluding hydrogens is 360 g/mol. The third-order valence-corrected chi connectivity index (χ3v) is 6.07. The SMILES string of the molecule is COc1ccc(C(=O)Nc2cccc(SC)c2)cc1S(=O)(=O)N(C)C. The first-order valence-electron chi connectivity index (χ1n) is 7.35. The Morgan fingerprint density at radius 1 is 1.16 bits per heavy atom. The summed E-state index contributed by atoms with van der Waals surface area (Å²) < 4.78 is 31.1. The number of sulfonamides is 1. The van der Waals surface area contributed by atoms with Gasteiger partial charge in [0.25, 0.3) is 5.91 Å². The number of benzene rings is 2. The van der Waals surface area contributed by atoms with Crippen LogP contribution in [0.25, 0.3) is 0 Å². The summed E-state index contributed by atoms with van der Waals surface area (Å²) in [6.45, 7) is 0. The molecule has 8 heteroatoms. The summed E-state index contributed by atoms with van der Waals surface area (Å²) in [4.78, 5) is 13.5. The van der Waals surface area contributed by atoms with E-state index >= 15 is 0 Å². The molecule has 1 amide bonds. The Morgan fingerprint density at radius 3 is 2.48 bits per heavy atom. The van der Waals surface area contributed by atoms with E-state index in [9.17, 15) is 13.2 Å². The van der Waals surface area contributed by atoms with Crippen molar-refractivity contribution in [2.45, 2.75) is 9.79 Å². The standard InChI is InChI=1S/C17H20N2O4S2/c1-19(2)25(21,22)16-10-12(8-9-15(16)23-3)17(20)18-13-6-5-7-14(11-13)24-4/h5-11H,1-4H3,(H,18,20). The van der Waals surface area contributed by atoms with Crippen LogP contribution in [0.1, 0.15) is 10.4 Å². The lowest BCUT2D eigenvalue weighted by Gasteiger charge is -2.15. The van der Waals surface area contributed by atoms with Gasteiger partial charge in [0.05, 0.1) is 7.11 Å². The first-order valence-corrected chi connectivity index (χ1v) is 10.0. The van der Waals surface area contributed by atoms with Crippen molar-refractivity contribution in [1.82, 2.24) is 4.31 Å². The van der Waals surface area contributed by atoms with Crippen LogP contribution in [0.5, 0.6) is 5.75 Å². The number of ether oxygens (including phenoxy) is 1. The lowest BCUT2D eigenvalue weighted by atomic mass is 10.2. The number of nitrogens with one attached hydrogen (secondary N) is 1. The molecule has 0 bridgehead atoms. The van der Waals surface area contributed by atoms with Gasteiger partial charge in [-0.25, -0.2) is 12.7 Å². The fourth-order valence-corrected chi connectivity index (χ4v) is 3.65. The molecule has 0 saturated heterocycles. The molecule has 0 saturated carbocycles. The van der Waals surface area contributed by atoms with Gasteiger partial charge in [-0.2, -0.15) is 0 Å². The van der Waals surface area contributed by atoms with Crippen LogP contribution in [0.4, 0.5) is 5.69 Å². The molecule has 0 radical (unpaired) electrons. The van der Waals surface area contributed by atoms with Crippen LogP contribution in [-0.2, 0) is 10.0 Å². The summed E-state index contributed by atoms with van der Waals surface area (Å²) in [5.41, 5.74) is 0.875. The van der Waals surface area contributed by atoms with Crippen LogP contribution in [0.15, 0.2) is 52.3 Å². The topological polar surface area (TPSA) is 75.7 Å². The molecule has 0 heterocycles. The number of methoxy groups -OCH3 is 1. The molecule has 0 atom stereocenters. The number of amides is 1. The molecule has 6 nitrogen and oxygen atoms in total. The highest BCUT2D eigenvalue weighted by Crippen LogP contribution is 2.27. The number of anilines is 1.